The molecule has 0 radical (unpaired) electrons. The molecule has 4 heteroatoms. The van der Waals surface area contributed by atoms with Crippen LogP contribution in [-0.4, -0.2) is 4.42 Å². The number of aromatic nitrogens is 1. The molecule has 0 N–H and O–H groups in total. The zero-order valence-electron chi connectivity index (χ0n) is 9.60. The minimum absolute atomic E-state index is 0.452. The summed E-state index contributed by atoms with van der Waals surface area (Å²) in [6.45, 7) is 8.23. The van der Waals surface area contributed by atoms with E-state index in [1.54, 1.807) is 12.4 Å². The molecule has 15 heavy (non-hydrogen) atoms. The second-order valence-corrected chi connectivity index (χ2v) is 14.2. The molecule has 1 heterocycles. The Bertz CT molecular complexity index is 219. The van der Waals surface area contributed by atoms with E-state index in [0.717, 1.165) is 0 Å². The van der Waals surface area contributed by atoms with Crippen LogP contribution in [0.25, 0.3) is 0 Å². The smallest absolute Gasteiger partial charge is 0.124 e. The van der Waals surface area contributed by atoms with Crippen LogP contribution in [0.5, 0.6) is 0 Å². The molecule has 1 aromatic rings. The number of halogens is 3. The van der Waals surface area contributed by atoms with Crippen LogP contribution >= 0.6 is 67.8 Å². The number of hydrogen-bond acceptors (Lipinski definition) is 1. The normalized spacial score (nSPS) is 9.27. The second kappa shape index (κ2) is 11.8. The molecule has 0 aliphatic carbocycles. The molecular weight excluding hydrogens is 527 g/mol. The minimum Gasteiger partial charge on any atom is -0.265 e. The molecule has 0 saturated carbocycles. The number of rotatable bonds is 1. The quantitative estimate of drug-likeness (QED) is 0.323. The summed E-state index contributed by atoms with van der Waals surface area (Å²) >= 11 is 7.24. The standard InChI is InChI=1S/C6H7N.C3H5I3.C2H6/c1-6-2-4-7-5-3-6;1-2-3(4,5)6;1-2/h2-5H,1H3;2H2,1H3;1-2H3. The molecule has 88 valence electrons. The van der Waals surface area contributed by atoms with Gasteiger partial charge in [0, 0.05) is 12.4 Å². The van der Waals surface area contributed by atoms with Gasteiger partial charge in [0.15, 0.2) is 0 Å². The molecule has 1 aromatic heterocycles. The van der Waals surface area contributed by atoms with Gasteiger partial charge in [0.05, 0.1) is 0 Å². The first kappa shape index (κ1) is 18.7. The van der Waals surface area contributed by atoms with Crippen molar-refractivity contribution in [2.24, 2.45) is 0 Å². The molecule has 1 nitrogen and oxygen atoms in total. The fraction of sp³-hybridized carbons (Fsp3) is 0.545. The summed E-state index contributed by atoms with van der Waals surface area (Å²) in [5.41, 5.74) is 1.26. The molecule has 0 atom stereocenters. The van der Waals surface area contributed by atoms with Gasteiger partial charge in [0.25, 0.3) is 0 Å². The maximum Gasteiger partial charge on any atom is 0.124 e. The zero-order chi connectivity index (χ0) is 12.3. The average molecular weight is 545 g/mol. The molecular formula is C11H18I3N. The van der Waals surface area contributed by atoms with Gasteiger partial charge < -0.3 is 0 Å². The Morgan fingerprint density at radius 3 is 1.60 bits per heavy atom. The number of alkyl halides is 3. The summed E-state index contributed by atoms with van der Waals surface area (Å²) in [5.74, 6) is 0. The lowest BCUT2D eigenvalue weighted by molar-refractivity contribution is 1.09. The molecule has 0 aromatic carbocycles. The third-order valence-corrected chi connectivity index (χ3v) is 3.54. The lowest BCUT2D eigenvalue weighted by Crippen LogP contribution is -1.91. The fourth-order valence-electron chi connectivity index (χ4n) is 0.426. The van der Waals surface area contributed by atoms with Gasteiger partial charge in [-0.1, -0.05) is 88.5 Å². The van der Waals surface area contributed by atoms with Gasteiger partial charge in [-0.15, -0.1) is 0 Å². The van der Waals surface area contributed by atoms with Crippen LogP contribution in [0.15, 0.2) is 24.5 Å². The van der Waals surface area contributed by atoms with Gasteiger partial charge in [-0.3, -0.25) is 4.98 Å². The maximum atomic E-state index is 3.85. The van der Waals surface area contributed by atoms with Gasteiger partial charge >= 0.3 is 0 Å². The summed E-state index contributed by atoms with van der Waals surface area (Å²) in [4.78, 5) is 3.85. The highest BCUT2D eigenvalue weighted by Gasteiger charge is 2.11. The van der Waals surface area contributed by atoms with Gasteiger partial charge in [-0.2, -0.15) is 0 Å². The Hall–Kier alpha value is 1.34. The SMILES string of the molecule is CC.CCC(I)(I)I.Cc1ccncc1. The molecule has 1 rings (SSSR count). The van der Waals surface area contributed by atoms with Crippen LogP contribution in [0.4, 0.5) is 0 Å². The van der Waals surface area contributed by atoms with Crippen molar-refractivity contribution in [3.63, 3.8) is 0 Å². The largest absolute Gasteiger partial charge is 0.265 e. The first-order valence-electron chi connectivity index (χ1n) is 4.89. The van der Waals surface area contributed by atoms with E-state index in [9.17, 15) is 0 Å². The number of nitrogens with zero attached hydrogens (tertiary/aromatic N) is 1. The summed E-state index contributed by atoms with van der Waals surface area (Å²) in [6, 6.07) is 3.94. The minimum atomic E-state index is 0.452. The van der Waals surface area contributed by atoms with E-state index < -0.39 is 0 Å². The van der Waals surface area contributed by atoms with Crippen molar-refractivity contribution in [3.05, 3.63) is 30.1 Å². The summed E-state index contributed by atoms with van der Waals surface area (Å²) < 4.78 is 0.452. The van der Waals surface area contributed by atoms with Crippen molar-refractivity contribution < 1.29 is 0 Å². The Morgan fingerprint density at radius 1 is 1.13 bits per heavy atom. The van der Waals surface area contributed by atoms with Crippen molar-refractivity contribution in [3.8, 4) is 0 Å². The highest BCUT2D eigenvalue weighted by molar-refractivity contribution is 14.3. The Labute approximate surface area is 135 Å². The van der Waals surface area contributed by atoms with E-state index in [1.807, 2.05) is 32.9 Å². The van der Waals surface area contributed by atoms with Gasteiger partial charge in [0.1, 0.15) is -0.565 Å². The van der Waals surface area contributed by atoms with Crippen LogP contribution in [0.2, 0.25) is 0 Å². The average Bonchev–Trinajstić information content (AvgIpc) is 2.22. The van der Waals surface area contributed by atoms with Crippen molar-refractivity contribution in [1.29, 1.82) is 0 Å². The number of aryl methyl sites for hydroxylation is 1. The second-order valence-electron chi connectivity index (χ2n) is 2.49. The van der Waals surface area contributed by atoms with Gasteiger partial charge in [-0.25, -0.2) is 0 Å². The van der Waals surface area contributed by atoms with E-state index in [-0.39, 0.29) is 0 Å². The van der Waals surface area contributed by atoms with E-state index in [2.05, 4.69) is 79.7 Å². The van der Waals surface area contributed by atoms with Gasteiger partial charge in [0.2, 0.25) is 0 Å². The highest BCUT2D eigenvalue weighted by Crippen LogP contribution is 2.38. The predicted octanol–water partition coefficient (Wildman–Crippen LogP) is 5.77. The zero-order valence-corrected chi connectivity index (χ0v) is 16.1. The summed E-state index contributed by atoms with van der Waals surface area (Å²) in [7, 11) is 0. The van der Waals surface area contributed by atoms with Crippen LogP contribution in [-0.2, 0) is 0 Å². The Balaban J connectivity index is 0. The van der Waals surface area contributed by atoms with Crippen LogP contribution in [0.1, 0.15) is 32.8 Å². The third kappa shape index (κ3) is 17.9. The predicted molar refractivity (Wildman–Crippen MR) is 95.4 cm³/mol. The lowest BCUT2D eigenvalue weighted by Gasteiger charge is -2.04. The van der Waals surface area contributed by atoms with Crippen molar-refractivity contribution in [2.75, 3.05) is 0 Å². The molecule has 0 amide bonds. The monoisotopic (exact) mass is 545 g/mol. The first-order valence-corrected chi connectivity index (χ1v) is 8.12. The van der Waals surface area contributed by atoms with E-state index in [1.165, 1.54) is 12.0 Å². The van der Waals surface area contributed by atoms with E-state index in [0.29, 0.717) is -0.565 Å². The summed E-state index contributed by atoms with van der Waals surface area (Å²) in [6.07, 6.45) is 4.80. The molecule has 0 unspecified atom stereocenters. The highest BCUT2D eigenvalue weighted by atomic mass is 127. The Kier molecular flexibility index (Phi) is 14.7. The van der Waals surface area contributed by atoms with E-state index in [4.69, 9.17) is 0 Å². The molecule has 0 aliphatic rings. The maximum absolute atomic E-state index is 3.85. The van der Waals surface area contributed by atoms with Crippen LogP contribution < -0.4 is 0 Å². The first-order chi connectivity index (χ1) is 6.95. The third-order valence-electron chi connectivity index (χ3n) is 1.25. The number of hydrogen-bond donors (Lipinski definition) is 0. The fourth-order valence-corrected chi connectivity index (χ4v) is 0.426. The molecule has 0 aliphatic heterocycles. The molecule has 0 fully saturated rings. The van der Waals surface area contributed by atoms with Crippen LogP contribution in [0.3, 0.4) is 0 Å². The summed E-state index contributed by atoms with van der Waals surface area (Å²) in [5, 5.41) is 0. The van der Waals surface area contributed by atoms with Crippen LogP contribution in [0, 0.1) is 6.92 Å². The van der Waals surface area contributed by atoms with Crippen molar-refractivity contribution in [2.45, 2.75) is 33.6 Å². The topological polar surface area (TPSA) is 12.9 Å². The molecule has 0 saturated heterocycles. The molecule has 0 bridgehead atoms. The lowest BCUT2D eigenvalue weighted by atomic mass is 10.3. The van der Waals surface area contributed by atoms with Crippen molar-refractivity contribution >= 4 is 67.8 Å². The van der Waals surface area contributed by atoms with Gasteiger partial charge in [-0.05, 0) is 31.0 Å². The molecule has 0 spiro atoms. The van der Waals surface area contributed by atoms with E-state index >= 15 is 0 Å². The van der Waals surface area contributed by atoms with Crippen molar-refractivity contribution in [1.82, 2.24) is 4.98 Å². The number of pyridine rings is 1. The Morgan fingerprint density at radius 2 is 1.47 bits per heavy atom.